The molecule has 12 heteroatoms. The van der Waals surface area contributed by atoms with Crippen LogP contribution in [0.25, 0.3) is 0 Å². The first-order valence-corrected chi connectivity index (χ1v) is 7.79. The minimum atomic E-state index is -4.52. The molecule has 0 aliphatic carbocycles. The van der Waals surface area contributed by atoms with E-state index in [9.17, 15) is 18.0 Å². The number of imidazole rings is 1. The third-order valence-electron chi connectivity index (χ3n) is 3.85. The number of amides is 1. The van der Waals surface area contributed by atoms with Gasteiger partial charge < -0.3 is 15.6 Å². The minimum Gasteiger partial charge on any atom is -0.354 e. The number of alkyl halides is 3. The Hall–Kier alpha value is -1.91. The van der Waals surface area contributed by atoms with Crippen LogP contribution in [0.5, 0.6) is 0 Å². The summed E-state index contributed by atoms with van der Waals surface area (Å²) in [5, 5.41) is 5.77. The van der Waals surface area contributed by atoms with Crippen LogP contribution in [-0.2, 0) is 23.8 Å². The maximum Gasteiger partial charge on any atom is 0.433 e. The molecule has 1 aliphatic heterocycles. The van der Waals surface area contributed by atoms with Crippen LogP contribution in [0.2, 0.25) is 0 Å². The zero-order valence-electron chi connectivity index (χ0n) is 14.3. The van der Waals surface area contributed by atoms with Gasteiger partial charge in [-0.3, -0.25) is 4.79 Å². The molecule has 0 radical (unpaired) electrons. The first kappa shape index (κ1) is 23.1. The van der Waals surface area contributed by atoms with Crippen molar-refractivity contribution >= 4 is 30.7 Å². The van der Waals surface area contributed by atoms with Crippen LogP contribution < -0.4 is 10.6 Å². The Morgan fingerprint density at radius 3 is 2.78 bits per heavy atom. The van der Waals surface area contributed by atoms with Crippen molar-refractivity contribution in [2.45, 2.75) is 32.0 Å². The zero-order chi connectivity index (χ0) is 18.0. The highest BCUT2D eigenvalue weighted by molar-refractivity contribution is 5.85. The molecule has 0 spiro atoms. The van der Waals surface area contributed by atoms with Crippen molar-refractivity contribution in [1.29, 1.82) is 0 Å². The standard InChI is InChI=1S/C15H17F3N6O.2ClH/c1-8-6-10(15(16,17)18)24-11(23-8)3-5-20-14(25)13-12-9(2-4-19-13)21-7-22-12;;/h6-7,13,19H,2-5H2,1H3,(H,20,25)(H,21,22);2*1H. The Morgan fingerprint density at radius 2 is 2.07 bits per heavy atom. The molecule has 0 aromatic carbocycles. The van der Waals surface area contributed by atoms with Crippen molar-refractivity contribution in [1.82, 2.24) is 30.6 Å². The summed E-state index contributed by atoms with van der Waals surface area (Å²) < 4.78 is 38.3. The molecule has 0 saturated heterocycles. The van der Waals surface area contributed by atoms with Crippen LogP contribution in [0.15, 0.2) is 12.4 Å². The van der Waals surface area contributed by atoms with Gasteiger partial charge in [0.25, 0.3) is 0 Å². The highest BCUT2D eigenvalue weighted by Crippen LogP contribution is 2.27. The van der Waals surface area contributed by atoms with E-state index in [1.165, 1.54) is 13.3 Å². The quantitative estimate of drug-likeness (QED) is 0.693. The molecule has 1 amide bonds. The number of rotatable bonds is 4. The SMILES string of the molecule is Cc1cc(C(F)(F)F)nc(CCNC(=O)C2NCCc3[nH]cnc32)n1.Cl.Cl. The van der Waals surface area contributed by atoms with E-state index in [0.29, 0.717) is 12.2 Å². The maximum atomic E-state index is 12.8. The smallest absolute Gasteiger partial charge is 0.354 e. The monoisotopic (exact) mass is 426 g/mol. The van der Waals surface area contributed by atoms with Gasteiger partial charge in [0.15, 0.2) is 0 Å². The summed E-state index contributed by atoms with van der Waals surface area (Å²) in [7, 11) is 0. The van der Waals surface area contributed by atoms with Gasteiger partial charge in [-0.05, 0) is 13.0 Å². The van der Waals surface area contributed by atoms with Gasteiger partial charge in [0.05, 0.1) is 12.0 Å². The van der Waals surface area contributed by atoms with Crippen molar-refractivity contribution < 1.29 is 18.0 Å². The van der Waals surface area contributed by atoms with E-state index in [4.69, 9.17) is 0 Å². The normalized spacial score (nSPS) is 15.9. The van der Waals surface area contributed by atoms with Crippen molar-refractivity contribution in [2.24, 2.45) is 0 Å². The summed E-state index contributed by atoms with van der Waals surface area (Å²) >= 11 is 0. The van der Waals surface area contributed by atoms with Crippen molar-refractivity contribution in [3.05, 3.63) is 41.0 Å². The fourth-order valence-electron chi connectivity index (χ4n) is 2.72. The predicted octanol–water partition coefficient (Wildman–Crippen LogP) is 1.92. The molecule has 1 atom stereocenters. The highest BCUT2D eigenvalue weighted by Gasteiger charge is 2.33. The summed E-state index contributed by atoms with van der Waals surface area (Å²) in [6.45, 7) is 2.25. The van der Waals surface area contributed by atoms with Gasteiger partial charge in [-0.2, -0.15) is 13.2 Å². The topological polar surface area (TPSA) is 95.6 Å². The molecule has 1 unspecified atom stereocenters. The molecule has 7 nitrogen and oxygen atoms in total. The molecule has 150 valence electrons. The lowest BCUT2D eigenvalue weighted by molar-refractivity contribution is -0.141. The number of hydrogen-bond donors (Lipinski definition) is 3. The Kier molecular flexibility index (Phi) is 8.00. The Bertz CT molecular complexity index is 783. The number of carbonyl (C=O) groups excluding carboxylic acids is 1. The number of nitrogens with zero attached hydrogens (tertiary/aromatic N) is 3. The van der Waals surface area contributed by atoms with E-state index in [0.717, 1.165) is 18.2 Å². The lowest BCUT2D eigenvalue weighted by Gasteiger charge is -2.22. The van der Waals surface area contributed by atoms with E-state index in [-0.39, 0.29) is 55.2 Å². The largest absolute Gasteiger partial charge is 0.433 e. The average Bonchev–Trinajstić information content (AvgIpc) is 3.02. The molecule has 3 N–H and O–H groups in total. The summed E-state index contributed by atoms with van der Waals surface area (Å²) in [4.78, 5) is 26.9. The number of fused-ring (bicyclic) bond motifs is 1. The number of nitrogens with one attached hydrogen (secondary N) is 3. The van der Waals surface area contributed by atoms with E-state index < -0.39 is 17.9 Å². The van der Waals surface area contributed by atoms with Gasteiger partial charge in [0, 0.05) is 37.3 Å². The highest BCUT2D eigenvalue weighted by atomic mass is 35.5. The Balaban J connectivity index is 0.00000182. The number of aromatic nitrogens is 4. The molecule has 0 saturated carbocycles. The zero-order valence-corrected chi connectivity index (χ0v) is 15.9. The molecule has 3 rings (SSSR count). The summed E-state index contributed by atoms with van der Waals surface area (Å²) in [5.41, 5.74) is 0.820. The molecule has 0 fully saturated rings. The number of aryl methyl sites for hydroxylation is 1. The van der Waals surface area contributed by atoms with Crippen LogP contribution in [0.1, 0.15) is 34.6 Å². The second-order valence-corrected chi connectivity index (χ2v) is 5.75. The van der Waals surface area contributed by atoms with Crippen LogP contribution in [-0.4, -0.2) is 38.9 Å². The Labute approximate surface area is 165 Å². The first-order valence-electron chi connectivity index (χ1n) is 7.79. The summed E-state index contributed by atoms with van der Waals surface area (Å²) in [6.07, 6.45) is -2.11. The second kappa shape index (κ2) is 9.34. The number of hydrogen-bond acceptors (Lipinski definition) is 5. The lowest BCUT2D eigenvalue weighted by Crippen LogP contribution is -2.42. The van der Waals surface area contributed by atoms with Crippen molar-refractivity contribution in [3.8, 4) is 0 Å². The molecule has 3 heterocycles. The summed E-state index contributed by atoms with van der Waals surface area (Å²) in [5.74, 6) is -0.235. The lowest BCUT2D eigenvalue weighted by atomic mass is 10.1. The van der Waals surface area contributed by atoms with Gasteiger partial charge in [-0.15, -0.1) is 24.8 Å². The van der Waals surface area contributed by atoms with E-state index in [1.807, 2.05) is 0 Å². The number of aromatic amines is 1. The van der Waals surface area contributed by atoms with Crippen LogP contribution in [0.4, 0.5) is 13.2 Å². The maximum absolute atomic E-state index is 12.8. The molecule has 2 aromatic rings. The van der Waals surface area contributed by atoms with Gasteiger partial charge >= 0.3 is 6.18 Å². The predicted molar refractivity (Wildman–Crippen MR) is 96.0 cm³/mol. The average molecular weight is 427 g/mol. The fraction of sp³-hybridized carbons (Fsp3) is 0.467. The van der Waals surface area contributed by atoms with E-state index >= 15 is 0 Å². The van der Waals surface area contributed by atoms with Crippen LogP contribution in [0, 0.1) is 6.92 Å². The number of halogens is 5. The van der Waals surface area contributed by atoms with Gasteiger partial charge in [-0.1, -0.05) is 0 Å². The van der Waals surface area contributed by atoms with E-state index in [2.05, 4.69) is 30.6 Å². The molecule has 2 aromatic heterocycles. The van der Waals surface area contributed by atoms with Crippen molar-refractivity contribution in [3.63, 3.8) is 0 Å². The van der Waals surface area contributed by atoms with Gasteiger partial charge in [0.2, 0.25) is 5.91 Å². The van der Waals surface area contributed by atoms with Gasteiger partial charge in [-0.25, -0.2) is 15.0 Å². The second-order valence-electron chi connectivity index (χ2n) is 5.75. The third-order valence-corrected chi connectivity index (χ3v) is 3.85. The molecule has 0 bridgehead atoms. The first-order chi connectivity index (χ1) is 11.8. The summed E-state index contributed by atoms with van der Waals surface area (Å²) in [6, 6.07) is 0.326. The number of carbonyl (C=O) groups is 1. The molecule has 27 heavy (non-hydrogen) atoms. The fourth-order valence-corrected chi connectivity index (χ4v) is 2.72. The third kappa shape index (κ3) is 5.53. The van der Waals surface area contributed by atoms with Crippen molar-refractivity contribution in [2.75, 3.05) is 13.1 Å². The van der Waals surface area contributed by atoms with Crippen LogP contribution in [0.3, 0.4) is 0 Å². The minimum absolute atomic E-state index is 0. The molecule has 1 aliphatic rings. The van der Waals surface area contributed by atoms with Crippen LogP contribution >= 0.6 is 24.8 Å². The Morgan fingerprint density at radius 1 is 1.33 bits per heavy atom. The molecular weight excluding hydrogens is 408 g/mol. The number of H-pyrrole nitrogens is 1. The van der Waals surface area contributed by atoms with E-state index in [1.54, 1.807) is 0 Å². The van der Waals surface area contributed by atoms with Gasteiger partial charge in [0.1, 0.15) is 17.6 Å². The molecular formula is C15H19Cl2F3N6O.